The van der Waals surface area contributed by atoms with Gasteiger partial charge in [0.05, 0.1) is 11.4 Å². The Balaban J connectivity index is 1.42. The van der Waals surface area contributed by atoms with Crippen molar-refractivity contribution in [3.05, 3.63) is 72.3 Å². The lowest BCUT2D eigenvalue weighted by molar-refractivity contribution is -0.116. The van der Waals surface area contributed by atoms with Crippen molar-refractivity contribution in [3.8, 4) is 0 Å². The molecule has 136 valence electrons. The van der Waals surface area contributed by atoms with Gasteiger partial charge in [0.1, 0.15) is 5.84 Å². The normalized spacial score (nSPS) is 16.1. The van der Waals surface area contributed by atoms with E-state index >= 15 is 0 Å². The first kappa shape index (κ1) is 17.2. The molecule has 27 heavy (non-hydrogen) atoms. The van der Waals surface area contributed by atoms with E-state index in [1.807, 2.05) is 42.5 Å². The summed E-state index contributed by atoms with van der Waals surface area (Å²) in [4.78, 5) is 16.6. The Bertz CT molecular complexity index is 1170. The Morgan fingerprint density at radius 2 is 1.70 bits per heavy atom. The standard InChI is InChI=1S/C20H17N3O3S/c24-19(22-16-10-9-14-5-1-2-6-15(14)13-16)11-12-21-20-17-7-3-4-8-18(17)27(25,26)23-20/h1-10,13H,11-12H2,(H,21,23)(H,22,24). The monoisotopic (exact) mass is 379 g/mol. The number of anilines is 1. The molecule has 0 atom stereocenters. The Morgan fingerprint density at radius 3 is 2.56 bits per heavy atom. The highest BCUT2D eigenvalue weighted by Gasteiger charge is 2.29. The quantitative estimate of drug-likeness (QED) is 0.731. The number of carbonyl (C=O) groups is 1. The maximum absolute atomic E-state index is 12.2. The molecular formula is C20H17N3O3S. The molecule has 7 heteroatoms. The number of aliphatic imine (C=N–C) groups is 1. The van der Waals surface area contributed by atoms with Crippen molar-refractivity contribution in [3.63, 3.8) is 0 Å². The van der Waals surface area contributed by atoms with Crippen LogP contribution in [0.4, 0.5) is 5.69 Å². The molecule has 3 aromatic rings. The third kappa shape index (κ3) is 3.54. The lowest BCUT2D eigenvalue weighted by Gasteiger charge is -2.06. The molecule has 0 fully saturated rings. The molecule has 0 saturated carbocycles. The van der Waals surface area contributed by atoms with Crippen LogP contribution in [0.15, 0.2) is 76.6 Å². The van der Waals surface area contributed by atoms with E-state index in [0.717, 1.165) is 16.5 Å². The van der Waals surface area contributed by atoms with Gasteiger partial charge in [-0.05, 0) is 35.0 Å². The number of fused-ring (bicyclic) bond motifs is 2. The minimum atomic E-state index is -3.56. The van der Waals surface area contributed by atoms with Crippen LogP contribution in [-0.2, 0) is 14.8 Å². The number of rotatable bonds is 4. The predicted molar refractivity (Wildman–Crippen MR) is 105 cm³/mol. The predicted octanol–water partition coefficient (Wildman–Crippen LogP) is 2.91. The lowest BCUT2D eigenvalue weighted by atomic mass is 10.1. The Labute approximate surface area is 157 Å². The zero-order valence-corrected chi connectivity index (χ0v) is 15.2. The molecule has 0 spiro atoms. The van der Waals surface area contributed by atoms with Gasteiger partial charge in [-0.25, -0.2) is 8.42 Å². The van der Waals surface area contributed by atoms with Crippen molar-refractivity contribution in [1.29, 1.82) is 0 Å². The number of benzene rings is 3. The number of sulfonamides is 1. The van der Waals surface area contributed by atoms with Crippen LogP contribution >= 0.6 is 0 Å². The second kappa shape index (κ2) is 6.85. The molecule has 0 saturated heterocycles. The number of nitrogens with zero attached hydrogens (tertiary/aromatic N) is 1. The van der Waals surface area contributed by atoms with Gasteiger partial charge in [0.2, 0.25) is 5.91 Å². The third-order valence-corrected chi connectivity index (χ3v) is 5.70. The number of amides is 1. The van der Waals surface area contributed by atoms with E-state index < -0.39 is 10.0 Å². The van der Waals surface area contributed by atoms with Gasteiger partial charge in [-0.3, -0.25) is 14.5 Å². The van der Waals surface area contributed by atoms with E-state index in [9.17, 15) is 13.2 Å². The van der Waals surface area contributed by atoms with Gasteiger partial charge >= 0.3 is 0 Å². The van der Waals surface area contributed by atoms with Gasteiger partial charge in [0, 0.05) is 17.7 Å². The Morgan fingerprint density at radius 1 is 0.963 bits per heavy atom. The van der Waals surface area contributed by atoms with E-state index in [4.69, 9.17) is 0 Å². The summed E-state index contributed by atoms with van der Waals surface area (Å²) in [5.41, 5.74) is 1.26. The number of nitrogens with one attached hydrogen (secondary N) is 2. The number of hydrogen-bond donors (Lipinski definition) is 2. The summed E-state index contributed by atoms with van der Waals surface area (Å²) in [5, 5.41) is 5.00. The van der Waals surface area contributed by atoms with Crippen LogP contribution in [0.3, 0.4) is 0 Å². The van der Waals surface area contributed by atoms with Crippen LogP contribution < -0.4 is 10.0 Å². The van der Waals surface area contributed by atoms with Gasteiger partial charge in [0.25, 0.3) is 10.0 Å². The average molecular weight is 379 g/mol. The molecule has 1 aliphatic heterocycles. The summed E-state index contributed by atoms with van der Waals surface area (Å²) in [5.74, 6) is 0.105. The highest BCUT2D eigenvalue weighted by Crippen LogP contribution is 2.22. The summed E-state index contributed by atoms with van der Waals surface area (Å²) in [6.07, 6.45) is 0.153. The van der Waals surface area contributed by atoms with Gasteiger partial charge in [-0.2, -0.15) is 0 Å². The molecule has 1 aliphatic rings. The first-order valence-electron chi connectivity index (χ1n) is 8.48. The van der Waals surface area contributed by atoms with Gasteiger partial charge < -0.3 is 5.32 Å². The summed E-state index contributed by atoms with van der Waals surface area (Å²) in [6.45, 7) is 0.186. The molecule has 0 unspecified atom stereocenters. The largest absolute Gasteiger partial charge is 0.326 e. The fraction of sp³-hybridized carbons (Fsp3) is 0.100. The highest BCUT2D eigenvalue weighted by atomic mass is 32.2. The summed E-state index contributed by atoms with van der Waals surface area (Å²) < 4.78 is 26.5. The SMILES string of the molecule is O=C(CCN=C1NS(=O)(=O)c2ccccc21)Nc1ccc2ccccc2c1. The fourth-order valence-corrected chi connectivity index (χ4v) is 4.26. The van der Waals surface area contributed by atoms with Crippen molar-refractivity contribution < 1.29 is 13.2 Å². The van der Waals surface area contributed by atoms with E-state index in [1.54, 1.807) is 18.2 Å². The van der Waals surface area contributed by atoms with Crippen LogP contribution in [0.1, 0.15) is 12.0 Å². The van der Waals surface area contributed by atoms with Gasteiger partial charge in [-0.15, -0.1) is 0 Å². The van der Waals surface area contributed by atoms with E-state index in [2.05, 4.69) is 15.0 Å². The maximum Gasteiger partial charge on any atom is 0.263 e. The second-order valence-corrected chi connectivity index (χ2v) is 7.84. The minimum Gasteiger partial charge on any atom is -0.326 e. The molecule has 0 aliphatic carbocycles. The molecule has 0 radical (unpaired) electrons. The van der Waals surface area contributed by atoms with E-state index in [-0.39, 0.29) is 29.6 Å². The fourth-order valence-electron chi connectivity index (χ4n) is 3.01. The van der Waals surface area contributed by atoms with Crippen LogP contribution in [0.25, 0.3) is 10.8 Å². The molecule has 1 amide bonds. The van der Waals surface area contributed by atoms with Crippen molar-refractivity contribution >= 4 is 38.2 Å². The second-order valence-electron chi connectivity index (χ2n) is 6.19. The zero-order valence-electron chi connectivity index (χ0n) is 14.3. The molecule has 6 nitrogen and oxygen atoms in total. The van der Waals surface area contributed by atoms with Crippen LogP contribution in [0.5, 0.6) is 0 Å². The Kier molecular flexibility index (Phi) is 4.37. The third-order valence-electron chi connectivity index (χ3n) is 4.30. The molecule has 3 aromatic carbocycles. The van der Waals surface area contributed by atoms with Gasteiger partial charge in [0.15, 0.2) is 0 Å². The molecule has 2 N–H and O–H groups in total. The van der Waals surface area contributed by atoms with Crippen LogP contribution in [0, 0.1) is 0 Å². The average Bonchev–Trinajstić information content (AvgIpc) is 2.92. The maximum atomic E-state index is 12.2. The van der Waals surface area contributed by atoms with E-state index in [1.165, 1.54) is 6.07 Å². The smallest absolute Gasteiger partial charge is 0.263 e. The van der Waals surface area contributed by atoms with Crippen LogP contribution in [-0.4, -0.2) is 26.7 Å². The summed E-state index contributed by atoms with van der Waals surface area (Å²) in [6, 6.07) is 20.3. The zero-order chi connectivity index (χ0) is 18.9. The lowest BCUT2D eigenvalue weighted by Crippen LogP contribution is -2.23. The first-order chi connectivity index (χ1) is 13.0. The highest BCUT2D eigenvalue weighted by molar-refractivity contribution is 7.90. The van der Waals surface area contributed by atoms with Crippen molar-refractivity contribution in [2.75, 3.05) is 11.9 Å². The molecule has 0 bridgehead atoms. The molecule has 0 aromatic heterocycles. The summed E-state index contributed by atoms with van der Waals surface area (Å²) in [7, 11) is -3.56. The number of hydrogen-bond acceptors (Lipinski definition) is 4. The molecular weight excluding hydrogens is 362 g/mol. The van der Waals surface area contributed by atoms with Crippen LogP contribution in [0.2, 0.25) is 0 Å². The minimum absolute atomic E-state index is 0.153. The topological polar surface area (TPSA) is 87.6 Å². The van der Waals surface area contributed by atoms with Gasteiger partial charge in [-0.1, -0.05) is 42.5 Å². The first-order valence-corrected chi connectivity index (χ1v) is 9.96. The Hall–Kier alpha value is -3.19. The molecule has 1 heterocycles. The number of carbonyl (C=O) groups excluding carboxylic acids is 1. The van der Waals surface area contributed by atoms with Crippen molar-refractivity contribution in [1.82, 2.24) is 4.72 Å². The molecule has 4 rings (SSSR count). The number of amidine groups is 1. The van der Waals surface area contributed by atoms with Crippen molar-refractivity contribution in [2.24, 2.45) is 4.99 Å². The van der Waals surface area contributed by atoms with Crippen molar-refractivity contribution in [2.45, 2.75) is 11.3 Å². The summed E-state index contributed by atoms with van der Waals surface area (Å²) >= 11 is 0. The van der Waals surface area contributed by atoms with E-state index in [0.29, 0.717) is 5.56 Å².